The number of methoxy groups -OCH3 is 1. The first kappa shape index (κ1) is 17.6. The van der Waals surface area contributed by atoms with Crippen LogP contribution in [0.3, 0.4) is 0 Å². The molecule has 2 unspecified atom stereocenters. The third-order valence-electron chi connectivity index (χ3n) is 4.88. The minimum Gasteiger partial charge on any atom is -0.378 e. The van der Waals surface area contributed by atoms with Crippen LogP contribution in [-0.4, -0.2) is 50.3 Å². The van der Waals surface area contributed by atoms with Crippen molar-refractivity contribution in [1.29, 1.82) is 0 Å². The number of hydrogen-bond acceptors (Lipinski definition) is 3. The van der Waals surface area contributed by atoms with Gasteiger partial charge in [0.05, 0.1) is 5.60 Å². The smallest absolute Gasteiger partial charge is 0.191 e. The molecule has 2 atom stereocenters. The molecule has 0 bridgehead atoms. The molecule has 0 amide bonds. The first-order chi connectivity index (χ1) is 9.41. The molecule has 2 N–H and O–H groups in total. The number of hydrogen-bond donors (Lipinski definition) is 2. The summed E-state index contributed by atoms with van der Waals surface area (Å²) in [7, 11) is 3.63. The van der Waals surface area contributed by atoms with Crippen LogP contribution in [-0.2, 0) is 4.74 Å². The molecule has 0 saturated heterocycles. The van der Waals surface area contributed by atoms with Crippen molar-refractivity contribution >= 4 is 17.7 Å². The fraction of sp³-hybridized carbons (Fsp3) is 0.933. The number of rotatable bonds is 7. The minimum atomic E-state index is -0.0398. The monoisotopic (exact) mass is 301 g/mol. The van der Waals surface area contributed by atoms with Crippen LogP contribution < -0.4 is 10.6 Å². The fourth-order valence-corrected chi connectivity index (χ4v) is 3.15. The van der Waals surface area contributed by atoms with E-state index in [1.807, 2.05) is 18.8 Å². The SMILES string of the molecule is CN=C(NCCCCSC)NC1CC(C)(OC)C1(C)C. The van der Waals surface area contributed by atoms with Gasteiger partial charge in [-0.25, -0.2) is 0 Å². The van der Waals surface area contributed by atoms with E-state index in [0.29, 0.717) is 6.04 Å². The van der Waals surface area contributed by atoms with Gasteiger partial charge >= 0.3 is 0 Å². The molecule has 1 rings (SSSR count). The molecule has 1 aliphatic rings. The van der Waals surface area contributed by atoms with Gasteiger partial charge in [0.2, 0.25) is 0 Å². The Hall–Kier alpha value is -0.420. The number of ether oxygens (including phenoxy) is 1. The largest absolute Gasteiger partial charge is 0.378 e. The maximum atomic E-state index is 5.66. The summed E-state index contributed by atoms with van der Waals surface area (Å²) >= 11 is 1.90. The van der Waals surface area contributed by atoms with Crippen molar-refractivity contribution in [3.05, 3.63) is 0 Å². The zero-order valence-electron chi connectivity index (χ0n) is 13.9. The Morgan fingerprint density at radius 3 is 2.55 bits per heavy atom. The quantitative estimate of drug-likeness (QED) is 0.431. The molecule has 0 radical (unpaired) electrons. The van der Waals surface area contributed by atoms with Crippen molar-refractivity contribution in [1.82, 2.24) is 10.6 Å². The molecule has 1 saturated carbocycles. The number of aliphatic imine (C=N–C) groups is 1. The molecule has 5 heteroatoms. The number of thioether (sulfide) groups is 1. The van der Waals surface area contributed by atoms with Crippen molar-refractivity contribution in [2.24, 2.45) is 10.4 Å². The second-order valence-electron chi connectivity index (χ2n) is 6.26. The van der Waals surface area contributed by atoms with Crippen molar-refractivity contribution < 1.29 is 4.74 Å². The highest BCUT2D eigenvalue weighted by atomic mass is 32.2. The van der Waals surface area contributed by atoms with Crippen LogP contribution in [0.5, 0.6) is 0 Å². The number of guanidine groups is 1. The molecular weight excluding hydrogens is 270 g/mol. The van der Waals surface area contributed by atoms with Gasteiger partial charge in [-0.2, -0.15) is 11.8 Å². The molecule has 0 spiro atoms. The molecule has 0 aliphatic heterocycles. The number of nitrogens with one attached hydrogen (secondary N) is 2. The average molecular weight is 302 g/mol. The van der Waals surface area contributed by atoms with Crippen molar-refractivity contribution in [2.75, 3.05) is 32.7 Å². The van der Waals surface area contributed by atoms with Gasteiger partial charge < -0.3 is 15.4 Å². The Kier molecular flexibility index (Phi) is 6.65. The maximum absolute atomic E-state index is 5.66. The molecular formula is C15H31N3OS. The lowest BCUT2D eigenvalue weighted by molar-refractivity contribution is -0.176. The Morgan fingerprint density at radius 1 is 1.35 bits per heavy atom. The van der Waals surface area contributed by atoms with E-state index in [1.54, 1.807) is 7.11 Å². The average Bonchev–Trinajstić information content (AvgIpc) is 2.44. The molecule has 1 fully saturated rings. The summed E-state index contributed by atoms with van der Waals surface area (Å²) in [5.74, 6) is 2.14. The van der Waals surface area contributed by atoms with Crippen LogP contribution in [0.25, 0.3) is 0 Å². The fourth-order valence-electron chi connectivity index (χ4n) is 2.66. The normalized spacial score (nSPS) is 28.9. The van der Waals surface area contributed by atoms with Gasteiger partial charge in [0.25, 0.3) is 0 Å². The van der Waals surface area contributed by atoms with E-state index in [4.69, 9.17) is 4.74 Å². The third kappa shape index (κ3) is 3.82. The van der Waals surface area contributed by atoms with Crippen LogP contribution in [0.2, 0.25) is 0 Å². The summed E-state index contributed by atoms with van der Waals surface area (Å²) in [5.41, 5.74) is 0.0695. The molecule has 0 heterocycles. The number of nitrogens with zero attached hydrogens (tertiary/aromatic N) is 1. The second kappa shape index (κ2) is 7.55. The molecule has 20 heavy (non-hydrogen) atoms. The molecule has 4 nitrogen and oxygen atoms in total. The molecule has 1 aliphatic carbocycles. The van der Waals surface area contributed by atoms with Crippen molar-refractivity contribution in [2.45, 2.75) is 51.7 Å². The van der Waals surface area contributed by atoms with E-state index >= 15 is 0 Å². The summed E-state index contributed by atoms with van der Waals surface area (Å²) in [6.07, 6.45) is 5.61. The van der Waals surface area contributed by atoms with Crippen molar-refractivity contribution in [3.8, 4) is 0 Å². The summed E-state index contributed by atoms with van der Waals surface area (Å²) in [6, 6.07) is 0.407. The summed E-state index contributed by atoms with van der Waals surface area (Å²) in [5, 5.41) is 6.93. The van der Waals surface area contributed by atoms with Crippen LogP contribution in [0.4, 0.5) is 0 Å². The first-order valence-corrected chi connectivity index (χ1v) is 8.82. The predicted molar refractivity (Wildman–Crippen MR) is 89.7 cm³/mol. The van der Waals surface area contributed by atoms with Gasteiger partial charge in [-0.05, 0) is 38.2 Å². The zero-order chi connectivity index (χ0) is 15.2. The zero-order valence-corrected chi connectivity index (χ0v) is 14.7. The van der Waals surface area contributed by atoms with Crippen LogP contribution in [0, 0.1) is 5.41 Å². The van der Waals surface area contributed by atoms with Crippen LogP contribution in [0.1, 0.15) is 40.0 Å². The Bertz CT molecular complexity index is 333. The van der Waals surface area contributed by atoms with Crippen LogP contribution >= 0.6 is 11.8 Å². The summed E-state index contributed by atoms with van der Waals surface area (Å²) in [6.45, 7) is 7.67. The van der Waals surface area contributed by atoms with Gasteiger partial charge in [-0.1, -0.05) is 13.8 Å². The molecule has 0 aromatic carbocycles. The first-order valence-electron chi connectivity index (χ1n) is 7.42. The molecule has 0 aromatic heterocycles. The summed E-state index contributed by atoms with van der Waals surface area (Å²) < 4.78 is 5.66. The van der Waals surface area contributed by atoms with Gasteiger partial charge in [-0.3, -0.25) is 4.99 Å². The standard InChI is InChI=1S/C15H31N3OS/c1-14(2)12(11-15(14,3)19-5)18-13(16-4)17-9-7-8-10-20-6/h12H,7-11H2,1-6H3,(H2,16,17,18). The topological polar surface area (TPSA) is 45.7 Å². The Labute approximate surface area is 128 Å². The van der Waals surface area contributed by atoms with Gasteiger partial charge in [-0.15, -0.1) is 0 Å². The third-order valence-corrected chi connectivity index (χ3v) is 5.58. The highest BCUT2D eigenvalue weighted by molar-refractivity contribution is 7.98. The predicted octanol–water partition coefficient (Wildman–Crippen LogP) is 2.50. The number of unbranched alkanes of at least 4 members (excludes halogenated alkanes) is 1. The van der Waals surface area contributed by atoms with Gasteiger partial charge in [0.1, 0.15) is 0 Å². The highest BCUT2D eigenvalue weighted by Gasteiger charge is 2.57. The molecule has 118 valence electrons. The highest BCUT2D eigenvalue weighted by Crippen LogP contribution is 2.51. The molecule has 0 aromatic rings. The van der Waals surface area contributed by atoms with E-state index in [1.165, 1.54) is 18.6 Å². The maximum Gasteiger partial charge on any atom is 0.191 e. The lowest BCUT2D eigenvalue weighted by atomic mass is 9.56. The van der Waals surface area contributed by atoms with Crippen molar-refractivity contribution in [3.63, 3.8) is 0 Å². The lowest BCUT2D eigenvalue weighted by Gasteiger charge is -2.59. The second-order valence-corrected chi connectivity index (χ2v) is 7.24. The van der Waals surface area contributed by atoms with Gasteiger partial charge in [0.15, 0.2) is 5.96 Å². The Morgan fingerprint density at radius 2 is 2.05 bits per heavy atom. The lowest BCUT2D eigenvalue weighted by Crippen LogP contribution is -2.69. The van der Waals surface area contributed by atoms with E-state index in [-0.39, 0.29) is 11.0 Å². The van der Waals surface area contributed by atoms with E-state index in [0.717, 1.165) is 18.9 Å². The minimum absolute atomic E-state index is 0.0398. The van der Waals surface area contributed by atoms with E-state index in [2.05, 4.69) is 42.7 Å². The van der Waals surface area contributed by atoms with Crippen LogP contribution in [0.15, 0.2) is 4.99 Å². The summed E-state index contributed by atoms with van der Waals surface area (Å²) in [4.78, 5) is 4.32. The van der Waals surface area contributed by atoms with E-state index in [9.17, 15) is 0 Å². The van der Waals surface area contributed by atoms with Gasteiger partial charge in [0, 0.05) is 32.2 Å². The Balaban J connectivity index is 2.36. The van der Waals surface area contributed by atoms with E-state index < -0.39 is 0 Å².